The van der Waals surface area contributed by atoms with Crippen LogP contribution < -0.4 is 5.32 Å². The third-order valence-corrected chi connectivity index (χ3v) is 3.39. The molecule has 1 fully saturated rings. The molecular weight excluding hydrogens is 271 g/mol. The summed E-state index contributed by atoms with van der Waals surface area (Å²) in [6.45, 7) is 1.58. The molecule has 1 aliphatic heterocycles. The molecule has 1 aliphatic rings. The molecule has 0 unspecified atom stereocenters. The fraction of sp³-hybridized carbons (Fsp3) is 0.267. The summed E-state index contributed by atoms with van der Waals surface area (Å²) >= 11 is 0. The number of benzene rings is 1. The van der Waals surface area contributed by atoms with Gasteiger partial charge in [-0.25, -0.2) is 4.39 Å². The first-order chi connectivity index (χ1) is 10.2. The van der Waals surface area contributed by atoms with Gasteiger partial charge in [-0.05, 0) is 49.2 Å². The first kappa shape index (κ1) is 13.5. The molecule has 1 N–H and O–H groups in total. The van der Waals surface area contributed by atoms with Crippen LogP contribution in [0.4, 0.5) is 15.9 Å². The van der Waals surface area contributed by atoms with E-state index in [4.69, 9.17) is 0 Å². The zero-order chi connectivity index (χ0) is 14.7. The van der Waals surface area contributed by atoms with Crippen molar-refractivity contribution in [3.05, 3.63) is 47.9 Å². The normalized spacial score (nSPS) is 14.2. The Kier molecular flexibility index (Phi) is 3.77. The van der Waals surface area contributed by atoms with Crippen LogP contribution in [-0.2, 0) is 0 Å². The van der Waals surface area contributed by atoms with Gasteiger partial charge in [-0.1, -0.05) is 0 Å². The molecule has 2 aromatic rings. The molecule has 0 radical (unpaired) electrons. The van der Waals surface area contributed by atoms with Crippen molar-refractivity contribution < 1.29 is 9.18 Å². The van der Waals surface area contributed by atoms with Gasteiger partial charge in [0.25, 0.3) is 5.91 Å². The number of rotatable bonds is 3. The van der Waals surface area contributed by atoms with Crippen molar-refractivity contribution >= 4 is 17.4 Å². The highest BCUT2D eigenvalue weighted by Crippen LogP contribution is 2.15. The lowest BCUT2D eigenvalue weighted by molar-refractivity contribution is 0.0786. The number of aromatic nitrogens is 2. The highest BCUT2D eigenvalue weighted by molar-refractivity contribution is 5.92. The molecule has 0 aliphatic carbocycles. The second-order valence-electron chi connectivity index (χ2n) is 4.94. The monoisotopic (exact) mass is 286 g/mol. The maximum absolute atomic E-state index is 12.8. The molecule has 3 rings (SSSR count). The van der Waals surface area contributed by atoms with Crippen molar-refractivity contribution in [2.45, 2.75) is 12.8 Å². The topological polar surface area (TPSA) is 58.1 Å². The second kappa shape index (κ2) is 5.87. The lowest BCUT2D eigenvalue weighted by Gasteiger charge is -2.14. The molecule has 2 heterocycles. The predicted octanol–water partition coefficient (Wildman–Crippen LogP) is 2.60. The van der Waals surface area contributed by atoms with Crippen molar-refractivity contribution in [2.75, 3.05) is 18.4 Å². The molecule has 1 aromatic carbocycles. The fourth-order valence-corrected chi connectivity index (χ4v) is 2.28. The van der Waals surface area contributed by atoms with E-state index in [-0.39, 0.29) is 11.7 Å². The van der Waals surface area contributed by atoms with Gasteiger partial charge in [-0.3, -0.25) is 4.79 Å². The molecule has 0 saturated carbocycles. The van der Waals surface area contributed by atoms with Gasteiger partial charge < -0.3 is 10.2 Å². The van der Waals surface area contributed by atoms with Crippen LogP contribution in [0.2, 0.25) is 0 Å². The Bertz CT molecular complexity index is 621. The number of nitrogens with zero attached hydrogens (tertiary/aromatic N) is 3. The highest BCUT2D eigenvalue weighted by Gasteiger charge is 2.20. The molecule has 5 nitrogen and oxygen atoms in total. The minimum absolute atomic E-state index is 0.0756. The number of carbonyl (C=O) groups excluding carboxylic acids is 1. The Morgan fingerprint density at radius 1 is 1.05 bits per heavy atom. The zero-order valence-corrected chi connectivity index (χ0v) is 11.4. The highest BCUT2D eigenvalue weighted by atomic mass is 19.1. The molecular formula is C15H15FN4O. The van der Waals surface area contributed by atoms with Crippen LogP contribution in [0.1, 0.15) is 23.3 Å². The number of likely N-dealkylation sites (tertiary alicyclic amines) is 1. The lowest BCUT2D eigenvalue weighted by atomic mass is 10.3. The molecule has 6 heteroatoms. The first-order valence-electron chi connectivity index (χ1n) is 6.88. The van der Waals surface area contributed by atoms with Crippen molar-refractivity contribution in [3.63, 3.8) is 0 Å². The number of amides is 1. The van der Waals surface area contributed by atoms with Crippen molar-refractivity contribution in [3.8, 4) is 0 Å². The van der Waals surface area contributed by atoms with E-state index < -0.39 is 0 Å². The van der Waals surface area contributed by atoms with Gasteiger partial charge >= 0.3 is 0 Å². The Balaban J connectivity index is 1.68. The fourth-order valence-electron chi connectivity index (χ4n) is 2.28. The quantitative estimate of drug-likeness (QED) is 0.942. The first-order valence-corrected chi connectivity index (χ1v) is 6.88. The van der Waals surface area contributed by atoms with E-state index in [0.29, 0.717) is 17.2 Å². The standard InChI is InChI=1S/C15H15FN4O/c16-11-3-5-12(6-4-11)17-14-8-7-13(18-19-14)15(21)20-9-1-2-10-20/h3-8H,1-2,9-10H2,(H,17,19). The number of hydrogen-bond acceptors (Lipinski definition) is 4. The third kappa shape index (κ3) is 3.16. The SMILES string of the molecule is O=C(c1ccc(Nc2ccc(F)cc2)nn1)N1CCCC1. The second-order valence-corrected chi connectivity index (χ2v) is 4.94. The molecule has 0 bridgehead atoms. The van der Waals surface area contributed by atoms with Gasteiger partial charge in [0.05, 0.1) is 0 Å². The van der Waals surface area contributed by atoms with Crippen LogP contribution in [0, 0.1) is 5.82 Å². The van der Waals surface area contributed by atoms with E-state index in [9.17, 15) is 9.18 Å². The smallest absolute Gasteiger partial charge is 0.274 e. The van der Waals surface area contributed by atoms with Gasteiger partial charge in [0.2, 0.25) is 0 Å². The summed E-state index contributed by atoms with van der Waals surface area (Å²) in [5.74, 6) is 0.145. The molecule has 0 atom stereocenters. The van der Waals surface area contributed by atoms with E-state index in [1.54, 1.807) is 29.2 Å². The third-order valence-electron chi connectivity index (χ3n) is 3.39. The number of hydrogen-bond donors (Lipinski definition) is 1. The summed E-state index contributed by atoms with van der Waals surface area (Å²) in [7, 11) is 0. The van der Waals surface area contributed by atoms with E-state index in [1.807, 2.05) is 0 Å². The van der Waals surface area contributed by atoms with Crippen LogP contribution >= 0.6 is 0 Å². The average molecular weight is 286 g/mol. The number of anilines is 2. The van der Waals surface area contributed by atoms with Crippen molar-refractivity contribution in [2.24, 2.45) is 0 Å². The predicted molar refractivity (Wildman–Crippen MR) is 76.9 cm³/mol. The van der Waals surface area contributed by atoms with Crippen molar-refractivity contribution in [1.82, 2.24) is 15.1 Å². The Labute approximate surface area is 121 Å². The van der Waals surface area contributed by atoms with Crippen LogP contribution in [0.15, 0.2) is 36.4 Å². The van der Waals surface area contributed by atoms with Crippen LogP contribution in [0.3, 0.4) is 0 Å². The summed E-state index contributed by atoms with van der Waals surface area (Å²) in [4.78, 5) is 13.9. The average Bonchev–Trinajstić information content (AvgIpc) is 3.04. The molecule has 108 valence electrons. The summed E-state index contributed by atoms with van der Waals surface area (Å²) in [6.07, 6.45) is 2.09. The van der Waals surface area contributed by atoms with Gasteiger partial charge in [0.15, 0.2) is 11.5 Å². The van der Waals surface area contributed by atoms with Gasteiger partial charge in [-0.2, -0.15) is 0 Å². The molecule has 0 spiro atoms. The minimum Gasteiger partial charge on any atom is -0.339 e. The Morgan fingerprint density at radius 3 is 2.38 bits per heavy atom. The largest absolute Gasteiger partial charge is 0.339 e. The summed E-state index contributed by atoms with van der Waals surface area (Å²) in [5.41, 5.74) is 1.06. The van der Waals surface area contributed by atoms with Crippen LogP contribution in [-0.4, -0.2) is 34.1 Å². The van der Waals surface area contributed by atoms with E-state index in [0.717, 1.165) is 25.9 Å². The number of halogens is 1. The van der Waals surface area contributed by atoms with Gasteiger partial charge in [-0.15, -0.1) is 10.2 Å². The van der Waals surface area contributed by atoms with E-state index in [2.05, 4.69) is 15.5 Å². The molecule has 21 heavy (non-hydrogen) atoms. The lowest BCUT2D eigenvalue weighted by Crippen LogP contribution is -2.28. The molecule has 1 saturated heterocycles. The van der Waals surface area contributed by atoms with Crippen molar-refractivity contribution in [1.29, 1.82) is 0 Å². The molecule has 1 aromatic heterocycles. The van der Waals surface area contributed by atoms with Crippen LogP contribution in [0.25, 0.3) is 0 Å². The number of carbonyl (C=O) groups is 1. The minimum atomic E-state index is -0.293. The van der Waals surface area contributed by atoms with E-state index >= 15 is 0 Å². The number of nitrogens with one attached hydrogen (secondary N) is 1. The maximum atomic E-state index is 12.8. The Hall–Kier alpha value is -2.50. The summed E-state index contributed by atoms with van der Waals surface area (Å²) in [5, 5.41) is 10.9. The Morgan fingerprint density at radius 2 is 1.76 bits per heavy atom. The molecule has 1 amide bonds. The zero-order valence-electron chi connectivity index (χ0n) is 11.4. The van der Waals surface area contributed by atoms with Gasteiger partial charge in [0.1, 0.15) is 5.82 Å². The summed E-state index contributed by atoms with van der Waals surface area (Å²) in [6, 6.07) is 9.29. The van der Waals surface area contributed by atoms with Gasteiger partial charge in [0, 0.05) is 18.8 Å². The summed E-state index contributed by atoms with van der Waals surface area (Å²) < 4.78 is 12.8. The van der Waals surface area contributed by atoms with E-state index in [1.165, 1.54) is 12.1 Å². The maximum Gasteiger partial charge on any atom is 0.274 e. The van der Waals surface area contributed by atoms with Crippen LogP contribution in [0.5, 0.6) is 0 Å².